The van der Waals surface area contributed by atoms with Crippen LogP contribution >= 0.6 is 11.8 Å². The number of hydrogen-bond donors (Lipinski definition) is 1. The third kappa shape index (κ3) is 4.04. The van der Waals surface area contributed by atoms with Gasteiger partial charge in [-0.25, -0.2) is 0 Å². The zero-order valence-corrected chi connectivity index (χ0v) is 11.2. The average Bonchev–Trinajstić information content (AvgIpc) is 2.75. The van der Waals surface area contributed by atoms with Gasteiger partial charge in [0.15, 0.2) is 5.17 Å². The summed E-state index contributed by atoms with van der Waals surface area (Å²) in [7, 11) is 0. The van der Waals surface area contributed by atoms with Crippen molar-refractivity contribution in [3.05, 3.63) is 30.1 Å². The summed E-state index contributed by atoms with van der Waals surface area (Å²) in [6.07, 6.45) is 4.93. The van der Waals surface area contributed by atoms with E-state index < -0.39 is 0 Å². The zero-order valence-electron chi connectivity index (χ0n) is 10.4. The van der Waals surface area contributed by atoms with E-state index in [1.165, 1.54) is 12.0 Å². The van der Waals surface area contributed by atoms with Crippen LogP contribution in [-0.2, 0) is 6.54 Å². The summed E-state index contributed by atoms with van der Waals surface area (Å²) in [4.78, 5) is 8.63. The monoisotopic (exact) mass is 249 g/mol. The van der Waals surface area contributed by atoms with E-state index in [1.807, 2.05) is 24.0 Å². The van der Waals surface area contributed by atoms with Crippen LogP contribution in [0, 0.1) is 5.92 Å². The molecule has 1 aliphatic rings. The van der Waals surface area contributed by atoms with Crippen molar-refractivity contribution >= 4 is 16.9 Å². The van der Waals surface area contributed by atoms with Gasteiger partial charge in [-0.15, -0.1) is 0 Å². The number of nitrogens with zero attached hydrogens (tertiary/aromatic N) is 2. The van der Waals surface area contributed by atoms with Crippen LogP contribution in [-0.4, -0.2) is 21.9 Å². The van der Waals surface area contributed by atoms with Crippen molar-refractivity contribution in [2.45, 2.75) is 32.1 Å². The quantitative estimate of drug-likeness (QED) is 0.891. The van der Waals surface area contributed by atoms with Gasteiger partial charge in [-0.05, 0) is 24.0 Å². The molecule has 1 N–H and O–H groups in total. The fourth-order valence-electron chi connectivity index (χ4n) is 1.84. The summed E-state index contributed by atoms with van der Waals surface area (Å²) < 4.78 is 0. The van der Waals surface area contributed by atoms with Crippen LogP contribution in [0.15, 0.2) is 29.5 Å². The summed E-state index contributed by atoms with van der Waals surface area (Å²) in [6, 6.07) is 4.04. The maximum atomic E-state index is 4.53. The third-order valence-electron chi connectivity index (χ3n) is 2.62. The number of hydrogen-bond acceptors (Lipinski definition) is 4. The molecule has 0 spiro atoms. The second-order valence-electron chi connectivity index (χ2n) is 4.73. The first-order chi connectivity index (χ1) is 8.24. The molecule has 0 bridgehead atoms. The minimum atomic E-state index is 0.659. The molecule has 92 valence electrons. The molecule has 0 fully saturated rings. The second kappa shape index (κ2) is 6.05. The van der Waals surface area contributed by atoms with Gasteiger partial charge >= 0.3 is 0 Å². The number of aliphatic imine (C=N–C) groups is 1. The van der Waals surface area contributed by atoms with Gasteiger partial charge < -0.3 is 5.32 Å². The summed E-state index contributed by atoms with van der Waals surface area (Å²) in [5, 5.41) is 5.12. The maximum Gasteiger partial charge on any atom is 0.157 e. The van der Waals surface area contributed by atoms with E-state index in [0.29, 0.717) is 5.25 Å². The highest BCUT2D eigenvalue weighted by molar-refractivity contribution is 8.14. The van der Waals surface area contributed by atoms with Crippen molar-refractivity contribution in [2.24, 2.45) is 10.9 Å². The molecule has 17 heavy (non-hydrogen) atoms. The minimum Gasteiger partial charge on any atom is -0.361 e. The molecule has 0 amide bonds. The highest BCUT2D eigenvalue weighted by atomic mass is 32.2. The van der Waals surface area contributed by atoms with Crippen molar-refractivity contribution in [3.63, 3.8) is 0 Å². The standard InChI is InChI=1S/C13H19N3S/c1-10(2)6-12-9-16-13(17-12)15-8-11-4-3-5-14-7-11/h3-5,7,10,12H,6,8-9H2,1-2H3,(H,15,16). The van der Waals surface area contributed by atoms with E-state index in [9.17, 15) is 0 Å². The fraction of sp³-hybridized carbons (Fsp3) is 0.538. The lowest BCUT2D eigenvalue weighted by atomic mass is 10.1. The Morgan fingerprint density at radius 2 is 2.41 bits per heavy atom. The molecule has 1 aromatic rings. The molecule has 2 rings (SSSR count). The smallest absolute Gasteiger partial charge is 0.157 e. The van der Waals surface area contributed by atoms with Crippen molar-refractivity contribution in [3.8, 4) is 0 Å². The first-order valence-corrected chi connectivity index (χ1v) is 6.96. The summed E-state index contributed by atoms with van der Waals surface area (Å²) in [5.41, 5.74) is 1.20. The van der Waals surface area contributed by atoms with Crippen LogP contribution in [0.1, 0.15) is 25.8 Å². The molecule has 1 aromatic heterocycles. The topological polar surface area (TPSA) is 37.3 Å². The summed E-state index contributed by atoms with van der Waals surface area (Å²) in [6.45, 7) is 6.30. The minimum absolute atomic E-state index is 0.659. The second-order valence-corrected chi connectivity index (χ2v) is 6.02. The molecule has 4 heteroatoms. The van der Waals surface area contributed by atoms with Gasteiger partial charge in [0.05, 0.1) is 6.54 Å². The predicted molar refractivity (Wildman–Crippen MR) is 74.2 cm³/mol. The van der Waals surface area contributed by atoms with Crippen LogP contribution < -0.4 is 5.32 Å². The third-order valence-corrected chi connectivity index (χ3v) is 3.79. The van der Waals surface area contributed by atoms with E-state index in [4.69, 9.17) is 0 Å². The summed E-state index contributed by atoms with van der Waals surface area (Å²) >= 11 is 1.88. The highest BCUT2D eigenvalue weighted by Gasteiger charge is 2.20. The highest BCUT2D eigenvalue weighted by Crippen LogP contribution is 2.25. The lowest BCUT2D eigenvalue weighted by Crippen LogP contribution is -2.19. The molecule has 3 nitrogen and oxygen atoms in total. The maximum absolute atomic E-state index is 4.53. The van der Waals surface area contributed by atoms with Crippen molar-refractivity contribution in [1.82, 2.24) is 10.3 Å². The molecule has 0 aliphatic carbocycles. The molecule has 1 atom stereocenters. The molecule has 1 unspecified atom stereocenters. The Bertz CT molecular complexity index is 376. The Morgan fingerprint density at radius 3 is 3.12 bits per heavy atom. The number of rotatable bonds is 4. The molecular formula is C13H19N3S. The number of pyridine rings is 1. The Kier molecular flexibility index (Phi) is 4.42. The average molecular weight is 249 g/mol. The lowest BCUT2D eigenvalue weighted by molar-refractivity contribution is 0.575. The fourth-order valence-corrected chi connectivity index (χ4v) is 3.09. The van der Waals surface area contributed by atoms with E-state index in [1.54, 1.807) is 6.20 Å². The van der Waals surface area contributed by atoms with Crippen molar-refractivity contribution in [1.29, 1.82) is 0 Å². The van der Waals surface area contributed by atoms with Gasteiger partial charge in [-0.1, -0.05) is 31.7 Å². The largest absolute Gasteiger partial charge is 0.361 e. The van der Waals surface area contributed by atoms with Gasteiger partial charge in [-0.3, -0.25) is 9.98 Å². The van der Waals surface area contributed by atoms with Gasteiger partial charge in [0.1, 0.15) is 0 Å². The first kappa shape index (κ1) is 12.4. The molecule has 0 saturated heterocycles. The van der Waals surface area contributed by atoms with Crippen LogP contribution in [0.2, 0.25) is 0 Å². The molecule has 2 heterocycles. The normalized spacial score (nSPS) is 19.5. The molecule has 0 radical (unpaired) electrons. The van der Waals surface area contributed by atoms with Crippen molar-refractivity contribution in [2.75, 3.05) is 6.54 Å². The molecule has 0 aromatic carbocycles. The zero-order chi connectivity index (χ0) is 12.1. The number of thioether (sulfide) groups is 1. The van der Waals surface area contributed by atoms with E-state index >= 15 is 0 Å². The lowest BCUT2D eigenvalue weighted by Gasteiger charge is -2.11. The van der Waals surface area contributed by atoms with Gasteiger partial charge in [0, 0.05) is 24.2 Å². The number of nitrogens with one attached hydrogen (secondary N) is 1. The Balaban J connectivity index is 1.75. The van der Waals surface area contributed by atoms with E-state index in [2.05, 4.69) is 35.2 Å². The number of amidine groups is 1. The summed E-state index contributed by atoms with van der Waals surface area (Å²) in [5.74, 6) is 0.750. The Labute approximate surface area is 107 Å². The molecule has 0 saturated carbocycles. The Morgan fingerprint density at radius 1 is 1.53 bits per heavy atom. The van der Waals surface area contributed by atoms with E-state index in [0.717, 1.165) is 24.2 Å². The molecule has 1 aliphatic heterocycles. The predicted octanol–water partition coefficient (Wildman–Crippen LogP) is 2.69. The first-order valence-electron chi connectivity index (χ1n) is 6.08. The SMILES string of the molecule is CC(C)CC1CN=C(NCc2cccnc2)S1. The van der Waals surface area contributed by atoms with Crippen LogP contribution in [0.5, 0.6) is 0 Å². The van der Waals surface area contributed by atoms with Crippen LogP contribution in [0.3, 0.4) is 0 Å². The van der Waals surface area contributed by atoms with Crippen LogP contribution in [0.4, 0.5) is 0 Å². The van der Waals surface area contributed by atoms with Gasteiger partial charge in [0.2, 0.25) is 0 Å². The van der Waals surface area contributed by atoms with Gasteiger partial charge in [0.25, 0.3) is 0 Å². The van der Waals surface area contributed by atoms with Crippen molar-refractivity contribution < 1.29 is 0 Å². The Hall–Kier alpha value is -1.03. The van der Waals surface area contributed by atoms with Crippen LogP contribution in [0.25, 0.3) is 0 Å². The van der Waals surface area contributed by atoms with Gasteiger partial charge in [-0.2, -0.15) is 0 Å². The molecular weight excluding hydrogens is 230 g/mol. The number of aromatic nitrogens is 1. The van der Waals surface area contributed by atoms with E-state index in [-0.39, 0.29) is 0 Å².